The quantitative estimate of drug-likeness (QED) is 0.568. The zero-order valence-corrected chi connectivity index (χ0v) is 10.7. The second kappa shape index (κ2) is 4.75. The number of rotatable bonds is 3. The number of H-pyrrole nitrogens is 1. The van der Waals surface area contributed by atoms with Crippen molar-refractivity contribution in [1.29, 1.82) is 0 Å². The molecule has 0 spiro atoms. The highest BCUT2D eigenvalue weighted by Gasteiger charge is 2.22. The molecule has 0 aliphatic heterocycles. The van der Waals surface area contributed by atoms with Crippen LogP contribution in [0.1, 0.15) is 10.5 Å². The number of fused-ring (bicyclic) bond motifs is 1. The van der Waals surface area contributed by atoms with E-state index in [2.05, 4.69) is 4.98 Å². The third-order valence-corrected chi connectivity index (χ3v) is 3.27. The van der Waals surface area contributed by atoms with E-state index in [4.69, 9.17) is 5.11 Å². The Morgan fingerprint density at radius 3 is 2.48 bits per heavy atom. The minimum Gasteiger partial charge on any atom is -0.477 e. The highest BCUT2D eigenvalue weighted by atomic mass is 16.6. The van der Waals surface area contributed by atoms with Gasteiger partial charge in [0.2, 0.25) is 0 Å². The van der Waals surface area contributed by atoms with Crippen LogP contribution in [-0.2, 0) is 0 Å². The number of nitrogens with one attached hydrogen (secondary N) is 1. The van der Waals surface area contributed by atoms with E-state index >= 15 is 0 Å². The molecule has 2 N–H and O–H groups in total. The van der Waals surface area contributed by atoms with Gasteiger partial charge in [0.25, 0.3) is 0 Å². The Kier molecular flexibility index (Phi) is 2.91. The van der Waals surface area contributed by atoms with Gasteiger partial charge < -0.3 is 10.1 Å². The number of nitrogens with zero attached hydrogens (tertiary/aromatic N) is 1. The molecule has 1 heterocycles. The fourth-order valence-electron chi connectivity index (χ4n) is 2.34. The Morgan fingerprint density at radius 1 is 1.14 bits per heavy atom. The zero-order chi connectivity index (χ0) is 15.0. The smallest absolute Gasteiger partial charge is 0.352 e. The molecule has 0 saturated carbocycles. The van der Waals surface area contributed by atoms with Gasteiger partial charge in [-0.2, -0.15) is 0 Å². The number of aromatic carboxylic acids is 1. The lowest BCUT2D eigenvalue weighted by molar-refractivity contribution is -0.382. The monoisotopic (exact) mass is 282 g/mol. The lowest BCUT2D eigenvalue weighted by atomic mass is 10.0. The van der Waals surface area contributed by atoms with E-state index < -0.39 is 10.9 Å². The second-order valence-electron chi connectivity index (χ2n) is 4.54. The predicted octanol–water partition coefficient (Wildman–Crippen LogP) is 3.44. The molecule has 0 amide bonds. The number of carbonyl (C=O) groups is 1. The summed E-state index contributed by atoms with van der Waals surface area (Å²) in [4.78, 5) is 24.6. The second-order valence-corrected chi connectivity index (χ2v) is 4.54. The van der Waals surface area contributed by atoms with Crippen LogP contribution in [0.4, 0.5) is 5.69 Å². The maximum Gasteiger partial charge on any atom is 0.352 e. The summed E-state index contributed by atoms with van der Waals surface area (Å²) < 4.78 is 0. The lowest BCUT2D eigenvalue weighted by Gasteiger charge is -2.04. The van der Waals surface area contributed by atoms with Crippen LogP contribution in [0.15, 0.2) is 48.5 Å². The number of carboxylic acid groups (broad SMARTS) is 1. The predicted molar refractivity (Wildman–Crippen MR) is 77.3 cm³/mol. The molecule has 21 heavy (non-hydrogen) atoms. The normalized spacial score (nSPS) is 10.7. The molecule has 0 atom stereocenters. The average Bonchev–Trinajstić information content (AvgIpc) is 2.91. The van der Waals surface area contributed by atoms with Crippen molar-refractivity contribution in [2.45, 2.75) is 0 Å². The molecule has 0 aliphatic carbocycles. The summed E-state index contributed by atoms with van der Waals surface area (Å²) in [6.07, 6.45) is 0. The van der Waals surface area contributed by atoms with E-state index in [-0.39, 0.29) is 16.9 Å². The van der Waals surface area contributed by atoms with Crippen LogP contribution in [0, 0.1) is 10.1 Å². The molecule has 3 aromatic rings. The fourth-order valence-corrected chi connectivity index (χ4v) is 2.34. The van der Waals surface area contributed by atoms with E-state index in [1.165, 1.54) is 6.07 Å². The van der Waals surface area contributed by atoms with Crippen molar-refractivity contribution in [3.63, 3.8) is 0 Å². The van der Waals surface area contributed by atoms with Crippen LogP contribution in [0.2, 0.25) is 0 Å². The Balaban J connectivity index is 2.34. The summed E-state index contributed by atoms with van der Waals surface area (Å²) in [5, 5.41) is 20.9. The largest absolute Gasteiger partial charge is 0.477 e. The minimum absolute atomic E-state index is 0.0710. The van der Waals surface area contributed by atoms with Gasteiger partial charge in [0.15, 0.2) is 0 Å². The molecule has 0 fully saturated rings. The molecule has 0 radical (unpaired) electrons. The van der Waals surface area contributed by atoms with Gasteiger partial charge in [-0.25, -0.2) is 4.79 Å². The molecule has 1 aromatic heterocycles. The number of benzene rings is 2. The lowest BCUT2D eigenvalue weighted by Crippen LogP contribution is -1.96. The first-order valence-corrected chi connectivity index (χ1v) is 6.17. The van der Waals surface area contributed by atoms with Crippen LogP contribution in [-0.4, -0.2) is 21.0 Å². The molecular formula is C15H10N2O4. The molecule has 104 valence electrons. The van der Waals surface area contributed by atoms with Crippen molar-refractivity contribution in [2.24, 2.45) is 0 Å². The van der Waals surface area contributed by atoms with Gasteiger partial charge in [0.05, 0.1) is 10.5 Å². The minimum atomic E-state index is -1.15. The van der Waals surface area contributed by atoms with E-state index in [0.717, 1.165) is 0 Å². The standard InChI is InChI=1S/C15H10N2O4/c18-15(19)12-8-10-6-7-11(9-4-2-1-3-5-9)14(17(20)21)13(10)16-12/h1-8,16H,(H,18,19). The number of nitro groups is 1. The Labute approximate surface area is 118 Å². The third kappa shape index (κ3) is 2.12. The van der Waals surface area contributed by atoms with E-state index in [9.17, 15) is 14.9 Å². The maximum atomic E-state index is 11.4. The van der Waals surface area contributed by atoms with Crippen molar-refractivity contribution in [2.75, 3.05) is 0 Å². The molecule has 0 bridgehead atoms. The zero-order valence-electron chi connectivity index (χ0n) is 10.7. The van der Waals surface area contributed by atoms with E-state index in [0.29, 0.717) is 16.5 Å². The van der Waals surface area contributed by atoms with Gasteiger partial charge in [-0.1, -0.05) is 36.4 Å². The summed E-state index contributed by atoms with van der Waals surface area (Å²) >= 11 is 0. The van der Waals surface area contributed by atoms with Crippen LogP contribution >= 0.6 is 0 Å². The first-order chi connectivity index (χ1) is 10.1. The Bertz CT molecular complexity index is 853. The summed E-state index contributed by atoms with van der Waals surface area (Å²) in [7, 11) is 0. The SMILES string of the molecule is O=C(O)c1cc2ccc(-c3ccccc3)c([N+](=O)[O-])c2[nH]1. The van der Waals surface area contributed by atoms with Crippen molar-refractivity contribution in [1.82, 2.24) is 4.98 Å². The van der Waals surface area contributed by atoms with Crippen LogP contribution in [0.25, 0.3) is 22.0 Å². The maximum absolute atomic E-state index is 11.4. The van der Waals surface area contributed by atoms with E-state index in [1.54, 1.807) is 36.4 Å². The number of hydrogen-bond acceptors (Lipinski definition) is 3. The summed E-state index contributed by atoms with van der Waals surface area (Å²) in [5.74, 6) is -1.15. The first kappa shape index (κ1) is 12.9. The van der Waals surface area contributed by atoms with Crippen molar-refractivity contribution < 1.29 is 14.8 Å². The molecule has 6 nitrogen and oxygen atoms in total. The molecular weight excluding hydrogens is 272 g/mol. The first-order valence-electron chi connectivity index (χ1n) is 6.17. The highest BCUT2D eigenvalue weighted by molar-refractivity contribution is 6.00. The number of carboxylic acids is 1. The number of aromatic amines is 1. The average molecular weight is 282 g/mol. The molecule has 3 rings (SSSR count). The summed E-state index contributed by atoms with van der Waals surface area (Å²) in [5.41, 5.74) is 1.19. The van der Waals surface area contributed by atoms with Gasteiger partial charge in [0.1, 0.15) is 11.2 Å². The molecule has 2 aromatic carbocycles. The van der Waals surface area contributed by atoms with Gasteiger partial charge in [-0.3, -0.25) is 10.1 Å². The molecule has 0 unspecified atom stereocenters. The Hall–Kier alpha value is -3.15. The Morgan fingerprint density at radius 2 is 1.86 bits per heavy atom. The molecule has 6 heteroatoms. The molecule has 0 saturated heterocycles. The summed E-state index contributed by atoms with van der Waals surface area (Å²) in [6.45, 7) is 0. The number of nitro benzene ring substituents is 1. The highest BCUT2D eigenvalue weighted by Crippen LogP contribution is 2.36. The van der Waals surface area contributed by atoms with Crippen LogP contribution in [0.5, 0.6) is 0 Å². The van der Waals surface area contributed by atoms with Gasteiger partial charge >= 0.3 is 11.7 Å². The van der Waals surface area contributed by atoms with Crippen LogP contribution in [0.3, 0.4) is 0 Å². The van der Waals surface area contributed by atoms with Crippen molar-refractivity contribution in [3.8, 4) is 11.1 Å². The fraction of sp³-hybridized carbons (Fsp3) is 0. The van der Waals surface area contributed by atoms with Crippen LogP contribution < -0.4 is 0 Å². The number of hydrogen-bond donors (Lipinski definition) is 2. The van der Waals surface area contributed by atoms with Crippen molar-refractivity contribution >= 4 is 22.6 Å². The summed E-state index contributed by atoms with van der Waals surface area (Å²) in [6, 6.07) is 13.7. The van der Waals surface area contributed by atoms with Crippen molar-refractivity contribution in [3.05, 3.63) is 64.3 Å². The topological polar surface area (TPSA) is 96.2 Å². The van der Waals surface area contributed by atoms with E-state index in [1.807, 2.05) is 6.07 Å². The van der Waals surface area contributed by atoms with Gasteiger partial charge in [0, 0.05) is 5.39 Å². The van der Waals surface area contributed by atoms with Gasteiger partial charge in [-0.15, -0.1) is 0 Å². The number of aromatic nitrogens is 1. The third-order valence-electron chi connectivity index (χ3n) is 3.27. The molecule has 0 aliphatic rings. The van der Waals surface area contributed by atoms with Gasteiger partial charge in [-0.05, 0) is 17.7 Å².